The molecular weight excluding hydrogens is 310 g/mol. The summed E-state index contributed by atoms with van der Waals surface area (Å²) in [6.45, 7) is 3.34. The number of nitrogens with one attached hydrogen (secondary N) is 1. The average molecular weight is 325 g/mol. The average Bonchev–Trinajstić information content (AvgIpc) is 2.72. The van der Waals surface area contributed by atoms with Crippen LogP contribution in [0.3, 0.4) is 0 Å². The number of anilines is 1. The van der Waals surface area contributed by atoms with Gasteiger partial charge in [-0.3, -0.25) is 4.72 Å². The number of aryl methyl sites for hydroxylation is 2. The smallest absolute Gasteiger partial charge is 0.404 e. The maximum Gasteiger partial charge on any atom is 0.410 e. The van der Waals surface area contributed by atoms with Gasteiger partial charge in [-0.05, 0) is 37.6 Å². The molecule has 118 valence electrons. The van der Waals surface area contributed by atoms with Crippen molar-refractivity contribution in [1.29, 1.82) is 0 Å². The minimum absolute atomic E-state index is 0.135. The van der Waals surface area contributed by atoms with Crippen LogP contribution in [-0.2, 0) is 10.0 Å². The minimum Gasteiger partial charge on any atom is -0.404 e. The van der Waals surface area contributed by atoms with E-state index in [2.05, 4.69) is 9.88 Å². The SMILES string of the molecule is Cc1cc(-c2onc(C)c2OC(N)=O)ccc1NS(C)(=O)=O. The van der Waals surface area contributed by atoms with E-state index in [1.165, 1.54) is 0 Å². The van der Waals surface area contributed by atoms with Crippen molar-refractivity contribution in [3.63, 3.8) is 0 Å². The molecule has 1 aromatic carbocycles. The monoisotopic (exact) mass is 325 g/mol. The number of primary amides is 1. The minimum atomic E-state index is -3.37. The molecular formula is C13H15N3O5S. The summed E-state index contributed by atoms with van der Waals surface area (Å²) in [5.41, 5.74) is 7.09. The van der Waals surface area contributed by atoms with E-state index in [9.17, 15) is 13.2 Å². The number of benzene rings is 1. The molecule has 0 aliphatic carbocycles. The van der Waals surface area contributed by atoms with Crippen LogP contribution in [0.25, 0.3) is 11.3 Å². The third-order valence-electron chi connectivity index (χ3n) is 2.80. The number of sulfonamides is 1. The van der Waals surface area contributed by atoms with Crippen molar-refractivity contribution < 1.29 is 22.5 Å². The molecule has 0 aliphatic rings. The summed E-state index contributed by atoms with van der Waals surface area (Å²) in [7, 11) is -3.37. The predicted octanol–water partition coefficient (Wildman–Crippen LogP) is 1.79. The Balaban J connectivity index is 2.43. The first-order valence-corrected chi connectivity index (χ1v) is 8.09. The standard InChI is InChI=1S/C13H15N3O5S/c1-7-6-9(4-5-10(7)16-22(3,18)19)12-11(20-13(14)17)8(2)15-21-12/h4-6,16H,1-3H3,(H2,14,17). The third kappa shape index (κ3) is 3.55. The van der Waals surface area contributed by atoms with Gasteiger partial charge >= 0.3 is 6.09 Å². The van der Waals surface area contributed by atoms with Gasteiger partial charge in [-0.1, -0.05) is 5.16 Å². The molecule has 0 atom stereocenters. The Hall–Kier alpha value is -2.55. The van der Waals surface area contributed by atoms with E-state index in [0.717, 1.165) is 6.26 Å². The number of hydrogen-bond donors (Lipinski definition) is 2. The lowest BCUT2D eigenvalue weighted by molar-refractivity contribution is 0.210. The van der Waals surface area contributed by atoms with Crippen LogP contribution in [0.1, 0.15) is 11.3 Å². The number of nitrogens with zero attached hydrogens (tertiary/aromatic N) is 1. The van der Waals surface area contributed by atoms with Crippen molar-refractivity contribution in [3.8, 4) is 17.1 Å². The summed E-state index contributed by atoms with van der Waals surface area (Å²) in [4.78, 5) is 10.9. The van der Waals surface area contributed by atoms with Crippen LogP contribution < -0.4 is 15.2 Å². The fourth-order valence-electron chi connectivity index (χ4n) is 1.89. The van der Waals surface area contributed by atoms with Gasteiger partial charge in [-0.2, -0.15) is 0 Å². The van der Waals surface area contributed by atoms with Gasteiger partial charge in [0.1, 0.15) is 5.69 Å². The molecule has 3 N–H and O–H groups in total. The van der Waals surface area contributed by atoms with Gasteiger partial charge in [0.2, 0.25) is 21.5 Å². The van der Waals surface area contributed by atoms with E-state index < -0.39 is 16.1 Å². The number of carbonyl (C=O) groups excluding carboxylic acids is 1. The first-order chi connectivity index (χ1) is 10.2. The number of hydrogen-bond acceptors (Lipinski definition) is 6. The molecule has 0 bridgehead atoms. The molecule has 9 heteroatoms. The van der Waals surface area contributed by atoms with Gasteiger partial charge in [0, 0.05) is 5.56 Å². The van der Waals surface area contributed by atoms with Crippen molar-refractivity contribution in [3.05, 3.63) is 29.5 Å². The topological polar surface area (TPSA) is 125 Å². The molecule has 1 aromatic heterocycles. The Morgan fingerprint density at radius 2 is 2.05 bits per heavy atom. The fraction of sp³-hybridized carbons (Fsp3) is 0.231. The molecule has 0 saturated carbocycles. The highest BCUT2D eigenvalue weighted by Crippen LogP contribution is 2.34. The second kappa shape index (κ2) is 5.68. The van der Waals surface area contributed by atoms with Crippen LogP contribution in [0.4, 0.5) is 10.5 Å². The summed E-state index contributed by atoms with van der Waals surface area (Å²) in [5, 5.41) is 3.74. The lowest BCUT2D eigenvalue weighted by Gasteiger charge is -2.09. The highest BCUT2D eigenvalue weighted by molar-refractivity contribution is 7.92. The molecule has 1 heterocycles. The van der Waals surface area contributed by atoms with Gasteiger partial charge in [-0.15, -0.1) is 0 Å². The normalized spacial score (nSPS) is 11.2. The number of amides is 1. The van der Waals surface area contributed by atoms with E-state index in [1.54, 1.807) is 32.0 Å². The van der Waals surface area contributed by atoms with Crippen LogP contribution in [-0.4, -0.2) is 25.9 Å². The van der Waals surface area contributed by atoms with E-state index in [1.807, 2.05) is 0 Å². The van der Waals surface area contributed by atoms with Crippen molar-refractivity contribution in [2.45, 2.75) is 13.8 Å². The summed E-state index contributed by atoms with van der Waals surface area (Å²) < 4.78 is 35.0. The molecule has 0 aliphatic heterocycles. The van der Waals surface area contributed by atoms with Gasteiger partial charge in [0.25, 0.3) is 0 Å². The summed E-state index contributed by atoms with van der Waals surface area (Å²) >= 11 is 0. The Labute approximate surface area is 127 Å². The van der Waals surface area contributed by atoms with E-state index >= 15 is 0 Å². The van der Waals surface area contributed by atoms with Crippen LogP contribution in [0.5, 0.6) is 5.75 Å². The molecule has 22 heavy (non-hydrogen) atoms. The first-order valence-electron chi connectivity index (χ1n) is 6.20. The number of rotatable bonds is 4. The molecule has 0 saturated heterocycles. The van der Waals surface area contributed by atoms with Crippen molar-refractivity contribution >= 4 is 21.8 Å². The second-order valence-corrected chi connectivity index (χ2v) is 6.50. The van der Waals surface area contributed by atoms with Crippen molar-refractivity contribution in [2.75, 3.05) is 11.0 Å². The number of nitrogens with two attached hydrogens (primary N) is 1. The second-order valence-electron chi connectivity index (χ2n) is 4.75. The van der Waals surface area contributed by atoms with E-state index in [-0.39, 0.29) is 11.5 Å². The zero-order valence-corrected chi connectivity index (χ0v) is 13.0. The van der Waals surface area contributed by atoms with Gasteiger partial charge < -0.3 is 15.0 Å². The Bertz CT molecular complexity index is 826. The third-order valence-corrected chi connectivity index (χ3v) is 3.39. The van der Waals surface area contributed by atoms with Gasteiger partial charge in [0.15, 0.2) is 0 Å². The molecule has 0 spiro atoms. The van der Waals surface area contributed by atoms with Crippen LogP contribution in [0.2, 0.25) is 0 Å². The van der Waals surface area contributed by atoms with E-state index in [0.29, 0.717) is 22.5 Å². The number of aromatic nitrogens is 1. The van der Waals surface area contributed by atoms with Crippen molar-refractivity contribution in [1.82, 2.24) is 5.16 Å². The van der Waals surface area contributed by atoms with Crippen molar-refractivity contribution in [2.24, 2.45) is 5.73 Å². The zero-order chi connectivity index (χ0) is 16.5. The Morgan fingerprint density at radius 1 is 1.36 bits per heavy atom. The lowest BCUT2D eigenvalue weighted by atomic mass is 10.1. The maximum absolute atomic E-state index is 11.3. The van der Waals surface area contributed by atoms with Crippen LogP contribution in [0, 0.1) is 13.8 Å². The number of carbonyl (C=O) groups is 1. The maximum atomic E-state index is 11.3. The number of ether oxygens (including phenoxy) is 1. The molecule has 1 amide bonds. The highest BCUT2D eigenvalue weighted by atomic mass is 32.2. The summed E-state index contributed by atoms with van der Waals surface area (Å²) in [6.07, 6.45) is 0.0959. The Kier molecular flexibility index (Phi) is 4.09. The largest absolute Gasteiger partial charge is 0.410 e. The van der Waals surface area contributed by atoms with Crippen LogP contribution >= 0.6 is 0 Å². The Morgan fingerprint density at radius 3 is 2.59 bits per heavy atom. The molecule has 8 nitrogen and oxygen atoms in total. The molecule has 2 aromatic rings. The first kappa shape index (κ1) is 15.8. The fourth-order valence-corrected chi connectivity index (χ4v) is 2.51. The quantitative estimate of drug-likeness (QED) is 0.883. The molecule has 2 rings (SSSR count). The molecule has 0 unspecified atom stereocenters. The predicted molar refractivity (Wildman–Crippen MR) is 80.1 cm³/mol. The summed E-state index contributed by atoms with van der Waals surface area (Å²) in [6, 6.07) is 4.88. The van der Waals surface area contributed by atoms with Gasteiger partial charge in [0.05, 0.1) is 11.9 Å². The molecule has 0 radical (unpaired) electrons. The molecule has 0 fully saturated rings. The van der Waals surface area contributed by atoms with Gasteiger partial charge in [-0.25, -0.2) is 13.2 Å². The summed E-state index contributed by atoms with van der Waals surface area (Å²) in [5.74, 6) is 0.376. The highest BCUT2D eigenvalue weighted by Gasteiger charge is 2.19. The van der Waals surface area contributed by atoms with Crippen LogP contribution in [0.15, 0.2) is 22.7 Å². The zero-order valence-electron chi connectivity index (χ0n) is 12.2. The lowest BCUT2D eigenvalue weighted by Crippen LogP contribution is -2.16. The van der Waals surface area contributed by atoms with E-state index in [4.69, 9.17) is 15.0 Å².